The molecule has 0 saturated heterocycles. The van der Waals surface area contributed by atoms with Crippen LogP contribution in [0.1, 0.15) is 15.9 Å². The summed E-state index contributed by atoms with van der Waals surface area (Å²) in [6, 6.07) is 7.19. The fraction of sp³-hybridized carbons (Fsp3) is 0.214. The van der Waals surface area contributed by atoms with Gasteiger partial charge in [-0.1, -0.05) is 0 Å². The number of furan rings is 1. The Balaban J connectivity index is 2.22. The number of carbonyl (C=O) groups excluding carboxylic acids is 1. The molecule has 2 aromatic rings. The molecule has 0 aliphatic heterocycles. The van der Waals surface area contributed by atoms with Crippen LogP contribution in [0.25, 0.3) is 0 Å². The second-order valence-electron chi connectivity index (χ2n) is 4.25. The molecule has 0 atom stereocenters. The number of carbonyl (C=O) groups is 1. The van der Waals surface area contributed by atoms with E-state index in [0.29, 0.717) is 17.8 Å². The molecule has 5 heteroatoms. The normalized spacial score (nSPS) is 10.2. The molecular weight excluding hydrogens is 244 g/mol. The minimum absolute atomic E-state index is 0.374. The molecular formula is C14H16N2O3. The molecule has 2 rings (SSSR count). The fourth-order valence-corrected chi connectivity index (χ4v) is 1.82. The van der Waals surface area contributed by atoms with Crippen LogP contribution in [0.3, 0.4) is 0 Å². The Kier molecular flexibility index (Phi) is 3.75. The first-order chi connectivity index (χ1) is 9.11. The van der Waals surface area contributed by atoms with E-state index >= 15 is 0 Å². The summed E-state index contributed by atoms with van der Waals surface area (Å²) in [5.74, 6) is -0.434. The maximum absolute atomic E-state index is 11.6. The summed E-state index contributed by atoms with van der Waals surface area (Å²) < 4.78 is 9.73. The van der Waals surface area contributed by atoms with Gasteiger partial charge < -0.3 is 19.8 Å². The van der Waals surface area contributed by atoms with Crippen molar-refractivity contribution in [3.8, 4) is 0 Å². The first kappa shape index (κ1) is 13.0. The van der Waals surface area contributed by atoms with Crippen LogP contribution in [0.15, 0.2) is 41.2 Å². The molecule has 0 aliphatic rings. The zero-order chi connectivity index (χ0) is 13.8. The summed E-state index contributed by atoms with van der Waals surface area (Å²) in [4.78, 5) is 13.6. The van der Waals surface area contributed by atoms with Crippen molar-refractivity contribution in [2.45, 2.75) is 6.54 Å². The van der Waals surface area contributed by atoms with E-state index in [2.05, 4.69) is 0 Å². The second-order valence-corrected chi connectivity index (χ2v) is 4.25. The number of nitrogens with zero attached hydrogens (tertiary/aromatic N) is 1. The van der Waals surface area contributed by atoms with E-state index in [9.17, 15) is 4.79 Å². The summed E-state index contributed by atoms with van der Waals surface area (Å²) in [6.45, 7) is 0.682. The van der Waals surface area contributed by atoms with Crippen molar-refractivity contribution in [2.24, 2.45) is 0 Å². The van der Waals surface area contributed by atoms with E-state index < -0.39 is 5.97 Å². The maximum atomic E-state index is 11.6. The fourth-order valence-electron chi connectivity index (χ4n) is 1.82. The van der Waals surface area contributed by atoms with Gasteiger partial charge in [-0.3, -0.25) is 0 Å². The van der Waals surface area contributed by atoms with Crippen molar-refractivity contribution >= 4 is 17.3 Å². The van der Waals surface area contributed by atoms with E-state index in [1.54, 1.807) is 24.7 Å². The monoisotopic (exact) mass is 260 g/mol. The van der Waals surface area contributed by atoms with E-state index in [1.165, 1.54) is 7.11 Å². The Morgan fingerprint density at radius 2 is 2.21 bits per heavy atom. The lowest BCUT2D eigenvalue weighted by Crippen LogP contribution is -2.17. The highest BCUT2D eigenvalue weighted by atomic mass is 16.5. The first-order valence-electron chi connectivity index (χ1n) is 5.82. The molecule has 1 heterocycles. The minimum atomic E-state index is -0.434. The molecule has 5 nitrogen and oxygen atoms in total. The van der Waals surface area contributed by atoms with Gasteiger partial charge in [0.05, 0.1) is 25.2 Å². The van der Waals surface area contributed by atoms with E-state index in [-0.39, 0.29) is 0 Å². The van der Waals surface area contributed by atoms with Crippen molar-refractivity contribution in [3.63, 3.8) is 0 Å². The Morgan fingerprint density at radius 1 is 1.42 bits per heavy atom. The standard InChI is InChI=1S/C14H16N2O3/c1-16(8-10-5-6-19-9-10)11-3-4-13(15)12(7-11)14(17)18-2/h3-7,9H,8,15H2,1-2H3. The third kappa shape index (κ3) is 2.88. The van der Waals surface area contributed by atoms with Gasteiger partial charge in [0.2, 0.25) is 0 Å². The predicted molar refractivity (Wildman–Crippen MR) is 73.0 cm³/mol. The number of rotatable bonds is 4. The maximum Gasteiger partial charge on any atom is 0.340 e. The first-order valence-corrected chi connectivity index (χ1v) is 5.82. The van der Waals surface area contributed by atoms with E-state index in [1.807, 2.05) is 24.1 Å². The number of hydrogen-bond donors (Lipinski definition) is 1. The SMILES string of the molecule is COC(=O)c1cc(N(C)Cc2ccoc2)ccc1N. The molecule has 100 valence electrons. The largest absolute Gasteiger partial charge is 0.472 e. The summed E-state index contributed by atoms with van der Waals surface area (Å²) in [5.41, 5.74) is 8.49. The average Bonchev–Trinajstić information content (AvgIpc) is 2.91. The molecule has 0 bridgehead atoms. The average molecular weight is 260 g/mol. The van der Waals surface area contributed by atoms with Crippen LogP contribution >= 0.6 is 0 Å². The number of nitrogen functional groups attached to an aromatic ring is 1. The van der Waals surface area contributed by atoms with Crippen molar-refractivity contribution in [3.05, 3.63) is 47.9 Å². The van der Waals surface area contributed by atoms with E-state index in [0.717, 1.165) is 11.3 Å². The van der Waals surface area contributed by atoms with E-state index in [4.69, 9.17) is 14.9 Å². The number of hydrogen-bond acceptors (Lipinski definition) is 5. The highest BCUT2D eigenvalue weighted by Crippen LogP contribution is 2.22. The summed E-state index contributed by atoms with van der Waals surface area (Å²) in [7, 11) is 3.27. The topological polar surface area (TPSA) is 68.7 Å². The van der Waals surface area contributed by atoms with Crippen LogP contribution in [0, 0.1) is 0 Å². The number of methoxy groups -OCH3 is 1. The molecule has 0 aliphatic carbocycles. The zero-order valence-corrected chi connectivity index (χ0v) is 10.9. The van der Waals surface area contributed by atoms with Crippen molar-refractivity contribution < 1.29 is 13.9 Å². The number of nitrogens with two attached hydrogens (primary N) is 1. The van der Waals surface area contributed by atoms with Crippen LogP contribution in [0.4, 0.5) is 11.4 Å². The van der Waals surface area contributed by atoms with Gasteiger partial charge in [0.25, 0.3) is 0 Å². The lowest BCUT2D eigenvalue weighted by atomic mass is 10.1. The van der Waals surface area contributed by atoms with Crippen LogP contribution in [-0.2, 0) is 11.3 Å². The molecule has 0 saturated carbocycles. The molecule has 0 amide bonds. The number of ether oxygens (including phenoxy) is 1. The molecule has 0 radical (unpaired) electrons. The van der Waals surface area contributed by atoms with Gasteiger partial charge in [-0.25, -0.2) is 4.79 Å². The number of anilines is 2. The number of esters is 1. The smallest absolute Gasteiger partial charge is 0.340 e. The van der Waals surface area contributed by atoms with Gasteiger partial charge in [-0.05, 0) is 24.3 Å². The molecule has 0 fully saturated rings. The molecule has 19 heavy (non-hydrogen) atoms. The Bertz CT molecular complexity index is 564. The lowest BCUT2D eigenvalue weighted by Gasteiger charge is -2.19. The third-order valence-electron chi connectivity index (χ3n) is 2.88. The minimum Gasteiger partial charge on any atom is -0.472 e. The Morgan fingerprint density at radius 3 is 2.84 bits per heavy atom. The van der Waals surface area contributed by atoms with Crippen molar-refractivity contribution in [1.29, 1.82) is 0 Å². The summed E-state index contributed by atoms with van der Waals surface area (Å²) in [5, 5.41) is 0. The van der Waals surface area contributed by atoms with Gasteiger partial charge in [-0.15, -0.1) is 0 Å². The third-order valence-corrected chi connectivity index (χ3v) is 2.88. The molecule has 2 N–H and O–H groups in total. The molecule has 1 aromatic carbocycles. The Hall–Kier alpha value is -2.43. The van der Waals surface area contributed by atoms with Gasteiger partial charge in [0.15, 0.2) is 0 Å². The van der Waals surface area contributed by atoms with Crippen LogP contribution < -0.4 is 10.6 Å². The van der Waals surface area contributed by atoms with Crippen LogP contribution in [0.2, 0.25) is 0 Å². The quantitative estimate of drug-likeness (QED) is 0.674. The van der Waals surface area contributed by atoms with Gasteiger partial charge in [0, 0.05) is 30.5 Å². The number of benzene rings is 1. The van der Waals surface area contributed by atoms with Crippen molar-refractivity contribution in [2.75, 3.05) is 24.8 Å². The van der Waals surface area contributed by atoms with Crippen molar-refractivity contribution in [1.82, 2.24) is 0 Å². The predicted octanol–water partition coefficient (Wildman–Crippen LogP) is 2.28. The van der Waals surface area contributed by atoms with Gasteiger partial charge >= 0.3 is 5.97 Å². The summed E-state index contributed by atoms with van der Waals surface area (Å²) in [6.07, 6.45) is 3.32. The van der Waals surface area contributed by atoms with Gasteiger partial charge in [0.1, 0.15) is 0 Å². The summed E-state index contributed by atoms with van der Waals surface area (Å²) >= 11 is 0. The second kappa shape index (κ2) is 5.48. The molecule has 0 unspecified atom stereocenters. The van der Waals surface area contributed by atoms with Gasteiger partial charge in [-0.2, -0.15) is 0 Å². The molecule has 0 spiro atoms. The van der Waals surface area contributed by atoms with Crippen LogP contribution in [-0.4, -0.2) is 20.1 Å². The van der Waals surface area contributed by atoms with Crippen LogP contribution in [0.5, 0.6) is 0 Å². The Labute approximate surface area is 111 Å². The zero-order valence-electron chi connectivity index (χ0n) is 10.9. The lowest BCUT2D eigenvalue weighted by molar-refractivity contribution is 0.0602. The highest BCUT2D eigenvalue weighted by molar-refractivity contribution is 5.96. The highest BCUT2D eigenvalue weighted by Gasteiger charge is 2.12. The molecule has 1 aromatic heterocycles.